The Bertz CT molecular complexity index is 891. The van der Waals surface area contributed by atoms with Crippen LogP contribution in [0.15, 0.2) is 65.1 Å². The highest BCUT2D eigenvalue weighted by Crippen LogP contribution is 2.38. The lowest BCUT2D eigenvalue weighted by Gasteiger charge is -2.10. The van der Waals surface area contributed by atoms with Crippen LogP contribution in [0.1, 0.15) is 0 Å². The molecular weight excluding hydrogens is 324 g/mol. The number of hydrogen-bond acceptors (Lipinski definition) is 5. The van der Waals surface area contributed by atoms with E-state index in [-0.39, 0.29) is 22.7 Å². The standard InChI is InChI=1S/C18H12N2O3S/c21-14-11-24-18(22)20(14)16-15(12-7-3-1-4-8-12)23-17(19-16)13-9-5-2-6-10-13/h1-10H,11H2. The quantitative estimate of drug-likeness (QED) is 0.717. The first kappa shape index (κ1) is 14.7. The van der Waals surface area contributed by atoms with Crippen LogP contribution in [0.25, 0.3) is 22.8 Å². The van der Waals surface area contributed by atoms with Crippen molar-refractivity contribution in [1.29, 1.82) is 0 Å². The molecule has 0 atom stereocenters. The fourth-order valence-electron chi connectivity index (χ4n) is 2.50. The van der Waals surface area contributed by atoms with Crippen molar-refractivity contribution >= 4 is 28.7 Å². The first-order valence-corrected chi connectivity index (χ1v) is 8.34. The second-order valence-electron chi connectivity index (χ2n) is 5.19. The molecule has 5 nitrogen and oxygen atoms in total. The van der Waals surface area contributed by atoms with E-state index in [0.29, 0.717) is 11.7 Å². The van der Waals surface area contributed by atoms with Gasteiger partial charge in [-0.1, -0.05) is 60.3 Å². The Balaban J connectivity index is 1.89. The normalized spacial score (nSPS) is 14.4. The predicted octanol–water partition coefficient (Wildman–Crippen LogP) is 4.21. The summed E-state index contributed by atoms with van der Waals surface area (Å²) in [6, 6.07) is 18.7. The van der Waals surface area contributed by atoms with Gasteiger partial charge in [-0.2, -0.15) is 4.98 Å². The lowest BCUT2D eigenvalue weighted by atomic mass is 10.2. The van der Waals surface area contributed by atoms with Crippen LogP contribution >= 0.6 is 11.8 Å². The minimum Gasteiger partial charge on any atom is -0.434 e. The van der Waals surface area contributed by atoms with Gasteiger partial charge in [0.15, 0.2) is 11.6 Å². The molecule has 0 aliphatic carbocycles. The number of imide groups is 1. The van der Waals surface area contributed by atoms with E-state index in [0.717, 1.165) is 27.8 Å². The van der Waals surface area contributed by atoms with Gasteiger partial charge in [0.2, 0.25) is 11.8 Å². The number of oxazole rings is 1. The van der Waals surface area contributed by atoms with Crippen molar-refractivity contribution in [2.75, 3.05) is 10.7 Å². The van der Waals surface area contributed by atoms with Crippen molar-refractivity contribution in [3.05, 3.63) is 60.7 Å². The van der Waals surface area contributed by atoms with Gasteiger partial charge in [-0.25, -0.2) is 4.90 Å². The van der Waals surface area contributed by atoms with Crippen molar-refractivity contribution < 1.29 is 14.0 Å². The monoisotopic (exact) mass is 336 g/mol. The molecule has 1 aromatic heterocycles. The molecule has 0 N–H and O–H groups in total. The van der Waals surface area contributed by atoms with Gasteiger partial charge in [0.25, 0.3) is 5.24 Å². The molecule has 24 heavy (non-hydrogen) atoms. The van der Waals surface area contributed by atoms with Gasteiger partial charge in [0.1, 0.15) is 0 Å². The van der Waals surface area contributed by atoms with Crippen LogP contribution in [0.2, 0.25) is 0 Å². The molecule has 0 radical (unpaired) electrons. The van der Waals surface area contributed by atoms with Gasteiger partial charge >= 0.3 is 0 Å². The maximum atomic E-state index is 12.1. The highest BCUT2D eigenvalue weighted by Gasteiger charge is 2.36. The molecule has 1 saturated heterocycles. The fourth-order valence-corrected chi connectivity index (χ4v) is 3.20. The molecule has 1 aliphatic rings. The maximum absolute atomic E-state index is 12.1. The first-order chi connectivity index (χ1) is 11.7. The van der Waals surface area contributed by atoms with Gasteiger partial charge < -0.3 is 4.42 Å². The number of benzene rings is 2. The van der Waals surface area contributed by atoms with E-state index in [1.807, 2.05) is 60.7 Å². The summed E-state index contributed by atoms with van der Waals surface area (Å²) in [7, 11) is 0. The molecule has 3 aromatic rings. The summed E-state index contributed by atoms with van der Waals surface area (Å²) in [6.07, 6.45) is 0. The SMILES string of the molecule is O=C1CSC(=O)N1c1nc(-c2ccccc2)oc1-c1ccccc1. The van der Waals surface area contributed by atoms with Crippen LogP contribution in [-0.2, 0) is 4.79 Å². The highest BCUT2D eigenvalue weighted by atomic mass is 32.2. The second kappa shape index (κ2) is 5.98. The van der Waals surface area contributed by atoms with Gasteiger partial charge in [-0.05, 0) is 12.1 Å². The second-order valence-corrected chi connectivity index (χ2v) is 6.11. The zero-order chi connectivity index (χ0) is 16.5. The molecule has 1 fully saturated rings. The lowest BCUT2D eigenvalue weighted by molar-refractivity contribution is -0.115. The van der Waals surface area contributed by atoms with Crippen LogP contribution < -0.4 is 4.90 Å². The Kier molecular flexibility index (Phi) is 3.66. The van der Waals surface area contributed by atoms with E-state index in [1.165, 1.54) is 0 Å². The number of carbonyl (C=O) groups excluding carboxylic acids is 2. The summed E-state index contributed by atoms with van der Waals surface area (Å²) >= 11 is 0.973. The number of carbonyl (C=O) groups is 2. The number of amides is 2. The van der Waals surface area contributed by atoms with Crippen molar-refractivity contribution in [3.63, 3.8) is 0 Å². The van der Waals surface area contributed by atoms with Crippen molar-refractivity contribution in [1.82, 2.24) is 4.98 Å². The highest BCUT2D eigenvalue weighted by molar-refractivity contribution is 8.15. The van der Waals surface area contributed by atoms with E-state index in [9.17, 15) is 9.59 Å². The average molecular weight is 336 g/mol. The Labute approximate surface area is 142 Å². The van der Waals surface area contributed by atoms with E-state index >= 15 is 0 Å². The Morgan fingerprint density at radius 2 is 1.54 bits per heavy atom. The Morgan fingerprint density at radius 3 is 2.12 bits per heavy atom. The number of anilines is 1. The summed E-state index contributed by atoms with van der Waals surface area (Å²) in [6.45, 7) is 0. The minimum absolute atomic E-state index is 0.126. The molecule has 2 amide bonds. The van der Waals surface area contributed by atoms with E-state index in [1.54, 1.807) is 0 Å². The van der Waals surface area contributed by atoms with Crippen LogP contribution in [-0.4, -0.2) is 21.9 Å². The van der Waals surface area contributed by atoms with Crippen molar-refractivity contribution in [3.8, 4) is 22.8 Å². The summed E-state index contributed by atoms with van der Waals surface area (Å²) in [5.41, 5.74) is 1.55. The van der Waals surface area contributed by atoms with Gasteiger partial charge in [-0.15, -0.1) is 0 Å². The molecule has 0 saturated carbocycles. The zero-order valence-electron chi connectivity index (χ0n) is 12.5. The van der Waals surface area contributed by atoms with Crippen LogP contribution in [0.5, 0.6) is 0 Å². The molecule has 4 rings (SSSR count). The molecule has 0 unspecified atom stereocenters. The minimum atomic E-state index is -0.329. The molecule has 118 valence electrons. The Hall–Kier alpha value is -2.86. The van der Waals surface area contributed by atoms with E-state index in [4.69, 9.17) is 4.42 Å². The predicted molar refractivity (Wildman–Crippen MR) is 92.7 cm³/mol. The molecule has 2 aromatic carbocycles. The summed E-state index contributed by atoms with van der Waals surface area (Å²) in [4.78, 5) is 29.8. The molecular formula is C18H12N2O3S. The van der Waals surface area contributed by atoms with Gasteiger partial charge in [-0.3, -0.25) is 9.59 Å². The Morgan fingerprint density at radius 1 is 0.917 bits per heavy atom. The topological polar surface area (TPSA) is 63.4 Å². The largest absolute Gasteiger partial charge is 0.434 e. The third-order valence-electron chi connectivity index (χ3n) is 3.63. The number of thioether (sulfide) groups is 1. The lowest BCUT2D eigenvalue weighted by Crippen LogP contribution is -2.28. The van der Waals surface area contributed by atoms with Crippen molar-refractivity contribution in [2.24, 2.45) is 0 Å². The molecule has 0 spiro atoms. The van der Waals surface area contributed by atoms with Crippen molar-refractivity contribution in [2.45, 2.75) is 0 Å². The first-order valence-electron chi connectivity index (χ1n) is 7.35. The third kappa shape index (κ3) is 2.51. The van der Waals surface area contributed by atoms with Gasteiger partial charge in [0, 0.05) is 11.1 Å². The summed E-state index contributed by atoms with van der Waals surface area (Å²) in [5, 5.41) is -0.329. The smallest absolute Gasteiger partial charge is 0.294 e. The molecule has 2 heterocycles. The zero-order valence-corrected chi connectivity index (χ0v) is 13.3. The number of hydrogen-bond donors (Lipinski definition) is 0. The number of aromatic nitrogens is 1. The molecule has 6 heteroatoms. The summed E-state index contributed by atoms with van der Waals surface area (Å²) < 4.78 is 5.93. The molecule has 1 aliphatic heterocycles. The van der Waals surface area contributed by atoms with Crippen LogP contribution in [0.4, 0.5) is 10.6 Å². The maximum Gasteiger partial charge on any atom is 0.294 e. The fraction of sp³-hybridized carbons (Fsp3) is 0.0556. The van der Waals surface area contributed by atoms with Crippen LogP contribution in [0, 0.1) is 0 Å². The van der Waals surface area contributed by atoms with Gasteiger partial charge in [0.05, 0.1) is 5.75 Å². The summed E-state index contributed by atoms with van der Waals surface area (Å²) in [5.74, 6) is 0.886. The average Bonchev–Trinajstić information content (AvgIpc) is 3.20. The van der Waals surface area contributed by atoms with Crippen LogP contribution in [0.3, 0.4) is 0 Å². The third-order valence-corrected chi connectivity index (χ3v) is 4.45. The van der Waals surface area contributed by atoms with E-state index in [2.05, 4.69) is 4.98 Å². The number of nitrogens with zero attached hydrogens (tertiary/aromatic N) is 2. The van der Waals surface area contributed by atoms with E-state index < -0.39 is 0 Å². The molecule has 0 bridgehead atoms. The number of rotatable bonds is 3.